The summed E-state index contributed by atoms with van der Waals surface area (Å²) in [4.78, 5) is 21.7. The van der Waals surface area contributed by atoms with Crippen molar-refractivity contribution in [2.24, 2.45) is 0 Å². The number of nitro benzene ring substituents is 1. The Hall–Kier alpha value is -1.69. The van der Waals surface area contributed by atoms with Gasteiger partial charge in [0.15, 0.2) is 0 Å². The molecule has 0 bridgehead atoms. The molecule has 0 N–H and O–H groups in total. The van der Waals surface area contributed by atoms with E-state index in [0.717, 1.165) is 6.04 Å². The van der Waals surface area contributed by atoms with Crippen LogP contribution in [0.2, 0.25) is 25.7 Å². The first-order valence-corrected chi connectivity index (χ1v) is 9.42. The molecule has 0 atom stereocenters. The summed E-state index contributed by atoms with van der Waals surface area (Å²) in [6.45, 7) is 6.94. The number of rotatable bonds is 5. The Morgan fingerprint density at radius 3 is 2.61 bits per heavy atom. The molecule has 0 unspecified atom stereocenters. The molecule has 5 nitrogen and oxygen atoms in total. The lowest BCUT2D eigenvalue weighted by Crippen LogP contribution is -2.22. The van der Waals surface area contributed by atoms with Crippen LogP contribution in [0, 0.1) is 10.1 Å². The maximum atomic E-state index is 11.7. The van der Waals surface area contributed by atoms with E-state index in [9.17, 15) is 14.9 Å². The molecule has 0 fully saturated rings. The van der Waals surface area contributed by atoms with E-state index in [1.165, 1.54) is 24.3 Å². The molecule has 0 radical (unpaired) electrons. The smallest absolute Gasteiger partial charge is 0.338 e. The third-order valence-corrected chi connectivity index (χ3v) is 4.08. The number of non-ortho nitro benzene ring substituents is 1. The maximum absolute atomic E-state index is 11.7. The second-order valence-corrected chi connectivity index (χ2v) is 10.9. The minimum atomic E-state index is -1.24. The average molecular weight is 267 g/mol. The van der Waals surface area contributed by atoms with Crippen LogP contribution in [0.4, 0.5) is 5.69 Å². The number of carbonyl (C=O) groups excluding carboxylic acids is 1. The number of hydrogen-bond acceptors (Lipinski definition) is 4. The van der Waals surface area contributed by atoms with Gasteiger partial charge >= 0.3 is 5.97 Å². The van der Waals surface area contributed by atoms with Crippen molar-refractivity contribution in [2.45, 2.75) is 25.7 Å². The van der Waals surface area contributed by atoms with E-state index in [1.807, 2.05) is 0 Å². The second kappa shape index (κ2) is 5.77. The fourth-order valence-corrected chi connectivity index (χ4v) is 1.99. The predicted molar refractivity (Wildman–Crippen MR) is 71.5 cm³/mol. The highest BCUT2D eigenvalue weighted by molar-refractivity contribution is 6.76. The molecule has 0 aliphatic rings. The van der Waals surface area contributed by atoms with Gasteiger partial charge in [0.2, 0.25) is 0 Å². The predicted octanol–water partition coefficient (Wildman–Crippen LogP) is 3.09. The topological polar surface area (TPSA) is 69.4 Å². The summed E-state index contributed by atoms with van der Waals surface area (Å²) in [6, 6.07) is 6.46. The van der Waals surface area contributed by atoms with E-state index in [-0.39, 0.29) is 11.3 Å². The van der Waals surface area contributed by atoms with Crippen molar-refractivity contribution in [1.29, 1.82) is 0 Å². The Labute approximate surface area is 107 Å². The van der Waals surface area contributed by atoms with Crippen molar-refractivity contribution >= 4 is 19.7 Å². The number of ether oxygens (including phenoxy) is 1. The average Bonchev–Trinajstić information content (AvgIpc) is 2.27. The molecule has 1 rings (SSSR count). The number of carbonyl (C=O) groups is 1. The highest BCUT2D eigenvalue weighted by Crippen LogP contribution is 2.14. The summed E-state index contributed by atoms with van der Waals surface area (Å²) < 4.78 is 5.11. The van der Waals surface area contributed by atoms with Gasteiger partial charge in [0.25, 0.3) is 5.69 Å². The SMILES string of the molecule is C[Si](C)(C)CCOC(=O)c1cccc([N+](=O)[O-])c1. The van der Waals surface area contributed by atoms with Crippen LogP contribution in [0.1, 0.15) is 10.4 Å². The van der Waals surface area contributed by atoms with Gasteiger partial charge in [0.1, 0.15) is 0 Å². The quantitative estimate of drug-likeness (QED) is 0.356. The number of esters is 1. The van der Waals surface area contributed by atoms with Crippen LogP contribution in [-0.2, 0) is 4.74 Å². The Morgan fingerprint density at radius 1 is 1.39 bits per heavy atom. The van der Waals surface area contributed by atoms with E-state index in [0.29, 0.717) is 6.61 Å². The van der Waals surface area contributed by atoms with Gasteiger partial charge in [-0.3, -0.25) is 10.1 Å². The van der Waals surface area contributed by atoms with E-state index in [4.69, 9.17) is 4.74 Å². The van der Waals surface area contributed by atoms with E-state index >= 15 is 0 Å². The van der Waals surface area contributed by atoms with Crippen molar-refractivity contribution in [1.82, 2.24) is 0 Å². The first-order valence-electron chi connectivity index (χ1n) is 5.71. The third kappa shape index (κ3) is 4.66. The van der Waals surface area contributed by atoms with Gasteiger partial charge in [0.05, 0.1) is 17.1 Å². The summed E-state index contributed by atoms with van der Waals surface area (Å²) in [5.74, 6) is -0.503. The zero-order valence-electron chi connectivity index (χ0n) is 10.8. The molecular formula is C12H17NO4Si. The van der Waals surface area contributed by atoms with Gasteiger partial charge in [0, 0.05) is 20.2 Å². The van der Waals surface area contributed by atoms with Crippen LogP contribution in [-0.4, -0.2) is 25.6 Å². The Bertz CT molecular complexity index is 454. The van der Waals surface area contributed by atoms with Crippen molar-refractivity contribution in [3.8, 4) is 0 Å². The molecule has 0 spiro atoms. The number of nitro groups is 1. The normalized spacial score (nSPS) is 11.1. The van der Waals surface area contributed by atoms with Crippen molar-refractivity contribution in [3.05, 3.63) is 39.9 Å². The fraction of sp³-hybridized carbons (Fsp3) is 0.417. The summed E-state index contributed by atoms with van der Waals surface area (Å²) in [6.07, 6.45) is 0. The molecule has 6 heteroatoms. The third-order valence-electron chi connectivity index (χ3n) is 2.38. The molecule has 0 aromatic heterocycles. The largest absolute Gasteiger partial charge is 0.462 e. The van der Waals surface area contributed by atoms with E-state index < -0.39 is 19.0 Å². The molecule has 98 valence electrons. The molecule has 1 aromatic carbocycles. The first-order chi connectivity index (χ1) is 8.29. The molecule has 1 aromatic rings. The van der Waals surface area contributed by atoms with Gasteiger partial charge in [-0.05, 0) is 12.1 Å². The minimum absolute atomic E-state index is 0.102. The summed E-state index contributed by atoms with van der Waals surface area (Å²) >= 11 is 0. The molecular weight excluding hydrogens is 250 g/mol. The van der Waals surface area contributed by atoms with Crippen LogP contribution < -0.4 is 0 Å². The summed E-state index contributed by atoms with van der Waals surface area (Å²) in [5, 5.41) is 10.6. The molecule has 0 saturated heterocycles. The standard InChI is InChI=1S/C12H17NO4Si/c1-18(2,3)8-7-17-12(14)10-5-4-6-11(9-10)13(15)16/h4-6,9H,7-8H2,1-3H3. The first kappa shape index (κ1) is 14.4. The van der Waals surface area contributed by atoms with E-state index in [1.54, 1.807) is 0 Å². The number of nitrogens with zero attached hydrogens (tertiary/aromatic N) is 1. The monoisotopic (exact) mass is 267 g/mol. The lowest BCUT2D eigenvalue weighted by molar-refractivity contribution is -0.384. The molecule has 18 heavy (non-hydrogen) atoms. The molecule has 0 heterocycles. The summed E-state index contributed by atoms with van der Waals surface area (Å²) in [7, 11) is -1.24. The Kier molecular flexibility index (Phi) is 4.60. The van der Waals surface area contributed by atoms with Crippen molar-refractivity contribution < 1.29 is 14.5 Å². The maximum Gasteiger partial charge on any atom is 0.338 e. The number of hydrogen-bond donors (Lipinski definition) is 0. The molecule has 0 saturated carbocycles. The van der Waals surface area contributed by atoms with Crippen LogP contribution in [0.3, 0.4) is 0 Å². The van der Waals surface area contributed by atoms with Crippen LogP contribution >= 0.6 is 0 Å². The Balaban J connectivity index is 2.62. The van der Waals surface area contributed by atoms with Gasteiger partial charge in [-0.25, -0.2) is 4.79 Å². The molecule has 0 aliphatic heterocycles. The lowest BCUT2D eigenvalue weighted by Gasteiger charge is -2.15. The number of benzene rings is 1. The van der Waals surface area contributed by atoms with E-state index in [2.05, 4.69) is 19.6 Å². The highest BCUT2D eigenvalue weighted by Gasteiger charge is 2.16. The van der Waals surface area contributed by atoms with Gasteiger partial charge < -0.3 is 4.74 Å². The minimum Gasteiger partial charge on any atom is -0.462 e. The van der Waals surface area contributed by atoms with Gasteiger partial charge in [-0.2, -0.15) is 0 Å². The zero-order chi connectivity index (χ0) is 13.8. The Morgan fingerprint density at radius 2 is 2.06 bits per heavy atom. The highest BCUT2D eigenvalue weighted by atomic mass is 28.3. The van der Waals surface area contributed by atoms with Crippen molar-refractivity contribution in [3.63, 3.8) is 0 Å². The van der Waals surface area contributed by atoms with Gasteiger partial charge in [-0.1, -0.05) is 25.7 Å². The fourth-order valence-electron chi connectivity index (χ4n) is 1.28. The lowest BCUT2D eigenvalue weighted by atomic mass is 10.2. The molecule has 0 aliphatic carbocycles. The molecule has 0 amide bonds. The second-order valence-electron chi connectivity index (χ2n) is 5.25. The van der Waals surface area contributed by atoms with Gasteiger partial charge in [-0.15, -0.1) is 0 Å². The zero-order valence-corrected chi connectivity index (χ0v) is 11.8. The summed E-state index contributed by atoms with van der Waals surface area (Å²) in [5.41, 5.74) is 0.120. The van der Waals surface area contributed by atoms with Crippen LogP contribution in [0.15, 0.2) is 24.3 Å². The van der Waals surface area contributed by atoms with Crippen molar-refractivity contribution in [2.75, 3.05) is 6.61 Å². The van der Waals surface area contributed by atoms with Crippen LogP contribution in [0.25, 0.3) is 0 Å². The van der Waals surface area contributed by atoms with Crippen LogP contribution in [0.5, 0.6) is 0 Å².